The van der Waals surface area contributed by atoms with Gasteiger partial charge in [-0.25, -0.2) is 4.21 Å². The van der Waals surface area contributed by atoms with Crippen LogP contribution in [0.15, 0.2) is 0 Å². The Hall–Kier alpha value is -0.0900. The third-order valence-corrected chi connectivity index (χ3v) is 4.17. The SMILES string of the molecule is CCS(=N)(=O)CC1CCCOC1. The second-order valence-electron chi connectivity index (χ2n) is 3.35. The molecule has 0 radical (unpaired) electrons. The van der Waals surface area contributed by atoms with Gasteiger partial charge >= 0.3 is 0 Å². The lowest BCUT2D eigenvalue weighted by Crippen LogP contribution is -2.25. The van der Waals surface area contributed by atoms with Crippen LogP contribution in [-0.2, 0) is 14.5 Å². The molecular formula is C8H17NO2S. The highest BCUT2D eigenvalue weighted by Gasteiger charge is 2.18. The monoisotopic (exact) mass is 191 g/mol. The molecule has 3 nitrogen and oxygen atoms in total. The van der Waals surface area contributed by atoms with E-state index in [0.29, 0.717) is 24.0 Å². The predicted molar refractivity (Wildman–Crippen MR) is 49.8 cm³/mol. The van der Waals surface area contributed by atoms with Gasteiger partial charge in [-0.3, -0.25) is 4.78 Å². The largest absolute Gasteiger partial charge is 0.381 e. The zero-order valence-corrected chi connectivity index (χ0v) is 8.36. The van der Waals surface area contributed by atoms with Crippen LogP contribution in [0.3, 0.4) is 0 Å². The Bertz CT molecular complexity index is 217. The van der Waals surface area contributed by atoms with Crippen LogP contribution in [0.1, 0.15) is 19.8 Å². The standard InChI is InChI=1S/C8H17NO2S/c1-2-12(9,10)7-8-4-3-5-11-6-8/h8-9H,2-7H2,1H3. The van der Waals surface area contributed by atoms with Crippen LogP contribution in [-0.4, -0.2) is 28.9 Å². The summed E-state index contributed by atoms with van der Waals surface area (Å²) >= 11 is 0. The molecule has 0 amide bonds. The minimum Gasteiger partial charge on any atom is -0.381 e. The maximum atomic E-state index is 11.4. The van der Waals surface area contributed by atoms with Gasteiger partial charge in [0.1, 0.15) is 0 Å². The van der Waals surface area contributed by atoms with E-state index < -0.39 is 9.73 Å². The summed E-state index contributed by atoms with van der Waals surface area (Å²) < 4.78 is 24.2. The zero-order valence-electron chi connectivity index (χ0n) is 7.54. The maximum Gasteiger partial charge on any atom is 0.0503 e. The van der Waals surface area contributed by atoms with Gasteiger partial charge in [-0.15, -0.1) is 0 Å². The Morgan fingerprint density at radius 2 is 2.42 bits per heavy atom. The molecule has 1 fully saturated rings. The lowest BCUT2D eigenvalue weighted by Gasteiger charge is -2.22. The second kappa shape index (κ2) is 4.23. The van der Waals surface area contributed by atoms with Gasteiger partial charge in [0.25, 0.3) is 0 Å². The van der Waals surface area contributed by atoms with E-state index in [-0.39, 0.29) is 0 Å². The van der Waals surface area contributed by atoms with Crippen LogP contribution < -0.4 is 0 Å². The molecule has 4 heteroatoms. The van der Waals surface area contributed by atoms with Crippen molar-refractivity contribution in [3.8, 4) is 0 Å². The molecule has 1 heterocycles. The van der Waals surface area contributed by atoms with E-state index in [0.717, 1.165) is 19.4 Å². The molecule has 0 aromatic carbocycles. The predicted octanol–water partition coefficient (Wildman–Crippen LogP) is 1.48. The van der Waals surface area contributed by atoms with Crippen LogP contribution in [0.25, 0.3) is 0 Å². The maximum absolute atomic E-state index is 11.4. The van der Waals surface area contributed by atoms with Crippen molar-refractivity contribution in [3.05, 3.63) is 0 Å². The van der Waals surface area contributed by atoms with Gasteiger partial charge < -0.3 is 4.74 Å². The van der Waals surface area contributed by atoms with E-state index in [1.807, 2.05) is 6.92 Å². The van der Waals surface area contributed by atoms with Gasteiger partial charge in [-0.1, -0.05) is 6.92 Å². The first kappa shape index (κ1) is 9.99. The molecule has 12 heavy (non-hydrogen) atoms. The molecule has 2 atom stereocenters. The van der Waals surface area contributed by atoms with Gasteiger partial charge in [0, 0.05) is 27.8 Å². The fourth-order valence-electron chi connectivity index (χ4n) is 1.44. The molecular weight excluding hydrogens is 174 g/mol. The Balaban J connectivity index is 2.39. The van der Waals surface area contributed by atoms with Crippen molar-refractivity contribution in [1.29, 1.82) is 4.78 Å². The fourth-order valence-corrected chi connectivity index (χ4v) is 2.70. The molecule has 72 valence electrons. The lowest BCUT2D eigenvalue weighted by atomic mass is 10.1. The highest BCUT2D eigenvalue weighted by molar-refractivity contribution is 7.92. The van der Waals surface area contributed by atoms with Crippen LogP contribution in [0.2, 0.25) is 0 Å². The van der Waals surface area contributed by atoms with Crippen molar-refractivity contribution in [2.45, 2.75) is 19.8 Å². The van der Waals surface area contributed by atoms with Crippen LogP contribution in [0.4, 0.5) is 0 Å². The van der Waals surface area contributed by atoms with Crippen LogP contribution >= 0.6 is 0 Å². The molecule has 1 N–H and O–H groups in total. The average molecular weight is 191 g/mol. The molecule has 1 aliphatic rings. The molecule has 0 aromatic rings. The van der Waals surface area contributed by atoms with Crippen LogP contribution in [0.5, 0.6) is 0 Å². The third-order valence-electron chi connectivity index (χ3n) is 2.23. The van der Waals surface area contributed by atoms with Gasteiger partial charge in [0.2, 0.25) is 0 Å². The van der Waals surface area contributed by atoms with Crippen molar-refractivity contribution < 1.29 is 8.95 Å². The quantitative estimate of drug-likeness (QED) is 0.734. The molecule has 0 saturated carbocycles. The van der Waals surface area contributed by atoms with Crippen molar-refractivity contribution in [2.24, 2.45) is 5.92 Å². The van der Waals surface area contributed by atoms with Gasteiger partial charge in [-0.2, -0.15) is 0 Å². The summed E-state index contributed by atoms with van der Waals surface area (Å²) in [6, 6.07) is 0. The fraction of sp³-hybridized carbons (Fsp3) is 1.00. The molecule has 0 aliphatic carbocycles. The minimum atomic E-state index is -2.30. The number of hydrogen-bond acceptors (Lipinski definition) is 3. The number of rotatable bonds is 3. The third kappa shape index (κ3) is 3.11. The lowest BCUT2D eigenvalue weighted by molar-refractivity contribution is 0.0628. The average Bonchev–Trinajstić information content (AvgIpc) is 2.06. The summed E-state index contributed by atoms with van der Waals surface area (Å²) in [7, 11) is -2.30. The molecule has 1 aliphatic heterocycles. The van der Waals surface area contributed by atoms with Gasteiger partial charge in [0.15, 0.2) is 0 Å². The Kier molecular flexibility index (Phi) is 3.53. The van der Waals surface area contributed by atoms with Gasteiger partial charge in [0.05, 0.1) is 6.61 Å². The van der Waals surface area contributed by atoms with Gasteiger partial charge in [-0.05, 0) is 18.8 Å². The molecule has 0 spiro atoms. The first-order valence-electron chi connectivity index (χ1n) is 4.46. The molecule has 1 saturated heterocycles. The summed E-state index contributed by atoms with van der Waals surface area (Å²) in [4.78, 5) is 0. The normalized spacial score (nSPS) is 29.6. The number of nitrogens with one attached hydrogen (secondary N) is 1. The molecule has 0 aromatic heterocycles. The summed E-state index contributed by atoms with van der Waals surface area (Å²) in [6.45, 7) is 3.36. The van der Waals surface area contributed by atoms with E-state index in [1.165, 1.54) is 0 Å². The topological polar surface area (TPSA) is 50.2 Å². The zero-order chi connectivity index (χ0) is 9.03. The summed E-state index contributed by atoms with van der Waals surface area (Å²) in [6.07, 6.45) is 2.14. The van der Waals surface area contributed by atoms with Crippen LogP contribution in [0, 0.1) is 10.7 Å². The molecule has 1 rings (SSSR count). The van der Waals surface area contributed by atoms with E-state index >= 15 is 0 Å². The van der Waals surface area contributed by atoms with E-state index in [2.05, 4.69) is 0 Å². The summed E-state index contributed by atoms with van der Waals surface area (Å²) in [5.41, 5.74) is 0. The molecule has 2 unspecified atom stereocenters. The van der Waals surface area contributed by atoms with E-state index in [4.69, 9.17) is 9.52 Å². The van der Waals surface area contributed by atoms with Crippen molar-refractivity contribution in [3.63, 3.8) is 0 Å². The highest BCUT2D eigenvalue weighted by Crippen LogP contribution is 2.15. The smallest absolute Gasteiger partial charge is 0.0503 e. The van der Waals surface area contributed by atoms with Crippen molar-refractivity contribution in [2.75, 3.05) is 24.7 Å². The summed E-state index contributed by atoms with van der Waals surface area (Å²) in [5.74, 6) is 1.37. The molecule has 0 bridgehead atoms. The van der Waals surface area contributed by atoms with E-state index in [1.54, 1.807) is 0 Å². The first-order chi connectivity index (χ1) is 5.64. The van der Waals surface area contributed by atoms with E-state index in [9.17, 15) is 4.21 Å². The Morgan fingerprint density at radius 3 is 2.92 bits per heavy atom. The number of hydrogen-bond donors (Lipinski definition) is 1. The number of ether oxygens (including phenoxy) is 1. The van der Waals surface area contributed by atoms with Crippen molar-refractivity contribution >= 4 is 9.73 Å². The second-order valence-corrected chi connectivity index (χ2v) is 5.88. The summed E-state index contributed by atoms with van der Waals surface area (Å²) in [5, 5.41) is 0. The Morgan fingerprint density at radius 1 is 1.67 bits per heavy atom. The minimum absolute atomic E-state index is 0.365. The first-order valence-corrected chi connectivity index (χ1v) is 6.35. The highest BCUT2D eigenvalue weighted by atomic mass is 32.2. The van der Waals surface area contributed by atoms with Crippen molar-refractivity contribution in [1.82, 2.24) is 0 Å². The Labute approximate surface area is 74.5 Å².